The molecule has 10 nitrogen and oxygen atoms in total. The standard InChI is InChI=1S/C61H113NO9S/c1-7-11-15-19-23-27-31-35-39-43-53(63)67-49-51-57(69-54(64)44-40-36-32-28-24-20-16-12-8-2)58(70-55(65)45-41-37-33-29-25-21-17-13-9-3)59(60(68-51)72-52-47-50(62)48-61(52,5)6)71-56(66)46-42-38-34-30-26-22-18-14-10-4/h50-52,57-60H,7-49,62H2,1-6H3/t50-,51+,52+,57-,58-,59+,60-/m0/s1. The zero-order valence-corrected chi connectivity index (χ0v) is 48.4. The van der Waals surface area contributed by atoms with Crippen LogP contribution in [0.2, 0.25) is 0 Å². The fraction of sp³-hybridized carbons (Fsp3) is 0.934. The minimum Gasteiger partial charge on any atom is -0.463 e. The van der Waals surface area contributed by atoms with Crippen LogP contribution >= 0.6 is 11.8 Å². The molecular formula is C61H113NO9S. The maximum atomic E-state index is 14.1. The van der Waals surface area contributed by atoms with E-state index < -0.39 is 41.8 Å². The zero-order chi connectivity index (χ0) is 52.5. The van der Waals surface area contributed by atoms with Crippen LogP contribution in [0.4, 0.5) is 0 Å². The number of carbonyl (C=O) groups excluding carboxylic acids is 4. The second kappa shape index (κ2) is 43.3. The first-order valence-corrected chi connectivity index (χ1v) is 31.7. The first-order valence-electron chi connectivity index (χ1n) is 30.8. The van der Waals surface area contributed by atoms with Crippen molar-refractivity contribution in [3.8, 4) is 0 Å². The molecule has 2 rings (SSSR count). The molecule has 1 heterocycles. The van der Waals surface area contributed by atoms with Gasteiger partial charge in [0.1, 0.15) is 18.1 Å². The predicted molar refractivity (Wildman–Crippen MR) is 299 cm³/mol. The Hall–Kier alpha value is -1.85. The van der Waals surface area contributed by atoms with Gasteiger partial charge in [-0.1, -0.05) is 247 Å². The van der Waals surface area contributed by atoms with Gasteiger partial charge in [-0.05, 0) is 43.9 Å². The summed E-state index contributed by atoms with van der Waals surface area (Å²) in [5.74, 6) is -1.56. The van der Waals surface area contributed by atoms with E-state index >= 15 is 0 Å². The summed E-state index contributed by atoms with van der Waals surface area (Å²) in [4.78, 5) is 55.4. The molecule has 0 aromatic carbocycles. The summed E-state index contributed by atoms with van der Waals surface area (Å²) in [6.45, 7) is 13.2. The van der Waals surface area contributed by atoms with E-state index in [1.54, 1.807) is 11.8 Å². The molecule has 1 aliphatic carbocycles. The van der Waals surface area contributed by atoms with Crippen LogP contribution in [0.3, 0.4) is 0 Å². The summed E-state index contributed by atoms with van der Waals surface area (Å²) in [6.07, 6.45) is 38.6. The highest BCUT2D eigenvalue weighted by atomic mass is 32.2. The van der Waals surface area contributed by atoms with Gasteiger partial charge in [-0.15, -0.1) is 11.8 Å². The maximum Gasteiger partial charge on any atom is 0.306 e. The van der Waals surface area contributed by atoms with Gasteiger partial charge in [-0.3, -0.25) is 19.2 Å². The smallest absolute Gasteiger partial charge is 0.306 e. The van der Waals surface area contributed by atoms with E-state index in [0.717, 1.165) is 89.9 Å². The quantitative estimate of drug-likeness (QED) is 0.0354. The molecule has 7 atom stereocenters. The van der Waals surface area contributed by atoms with E-state index in [1.165, 1.54) is 135 Å². The molecule has 1 aliphatic heterocycles. The summed E-state index contributed by atoms with van der Waals surface area (Å²) < 4.78 is 32.2. The highest BCUT2D eigenvalue weighted by Gasteiger charge is 2.54. The van der Waals surface area contributed by atoms with E-state index in [1.807, 2.05) is 0 Å². The zero-order valence-electron chi connectivity index (χ0n) is 47.6. The van der Waals surface area contributed by atoms with Crippen LogP contribution < -0.4 is 5.73 Å². The van der Waals surface area contributed by atoms with Crippen LogP contribution in [0.25, 0.3) is 0 Å². The number of nitrogens with two attached hydrogens (primary N) is 1. The van der Waals surface area contributed by atoms with Gasteiger partial charge in [0.25, 0.3) is 0 Å². The molecule has 0 aromatic rings. The first-order chi connectivity index (χ1) is 34.9. The first kappa shape index (κ1) is 66.3. The Morgan fingerprint density at radius 2 is 0.750 bits per heavy atom. The number of thioether (sulfide) groups is 1. The van der Waals surface area contributed by atoms with Crippen molar-refractivity contribution in [2.45, 2.75) is 352 Å². The monoisotopic (exact) mass is 1040 g/mol. The molecule has 0 radical (unpaired) electrons. The minimum atomic E-state index is -1.15. The minimum absolute atomic E-state index is 0.00581. The van der Waals surface area contributed by atoms with Crippen molar-refractivity contribution in [2.24, 2.45) is 11.1 Å². The number of hydrogen-bond donors (Lipinski definition) is 1. The third-order valence-electron chi connectivity index (χ3n) is 15.2. The Morgan fingerprint density at radius 3 is 1.08 bits per heavy atom. The highest BCUT2D eigenvalue weighted by Crippen LogP contribution is 2.48. The van der Waals surface area contributed by atoms with E-state index in [4.69, 9.17) is 29.4 Å². The van der Waals surface area contributed by atoms with Gasteiger partial charge >= 0.3 is 23.9 Å². The third kappa shape index (κ3) is 31.9. The molecular weight excluding hydrogens is 923 g/mol. The van der Waals surface area contributed by atoms with Crippen molar-refractivity contribution in [3.05, 3.63) is 0 Å². The van der Waals surface area contributed by atoms with Crippen molar-refractivity contribution in [3.63, 3.8) is 0 Å². The Balaban J connectivity index is 2.37. The lowest BCUT2D eigenvalue weighted by Crippen LogP contribution is -2.62. The molecule has 0 bridgehead atoms. The van der Waals surface area contributed by atoms with Crippen LogP contribution in [0, 0.1) is 5.41 Å². The lowest BCUT2D eigenvalue weighted by Gasteiger charge is -2.45. The van der Waals surface area contributed by atoms with Crippen LogP contribution in [0.15, 0.2) is 0 Å². The second-order valence-electron chi connectivity index (χ2n) is 22.7. The summed E-state index contributed by atoms with van der Waals surface area (Å²) in [5, 5.41) is 0.0509. The Morgan fingerprint density at radius 1 is 0.444 bits per heavy atom. The fourth-order valence-electron chi connectivity index (χ4n) is 10.6. The van der Waals surface area contributed by atoms with Crippen molar-refractivity contribution >= 4 is 35.6 Å². The number of esters is 4. The second-order valence-corrected chi connectivity index (χ2v) is 24.0. The molecule has 422 valence electrons. The number of carbonyl (C=O) groups is 4. The lowest BCUT2D eigenvalue weighted by molar-refractivity contribution is -0.239. The highest BCUT2D eigenvalue weighted by molar-refractivity contribution is 8.00. The van der Waals surface area contributed by atoms with E-state index in [0.29, 0.717) is 19.3 Å². The van der Waals surface area contributed by atoms with Gasteiger partial charge in [0.2, 0.25) is 0 Å². The van der Waals surface area contributed by atoms with Gasteiger partial charge in [-0.2, -0.15) is 0 Å². The molecule has 0 unspecified atom stereocenters. The summed E-state index contributed by atoms with van der Waals surface area (Å²) in [5.41, 5.74) is 5.65. The van der Waals surface area contributed by atoms with Gasteiger partial charge in [-0.25, -0.2) is 0 Å². The number of unbranched alkanes of at least 4 members (excludes halogenated alkanes) is 32. The van der Waals surface area contributed by atoms with Crippen molar-refractivity contribution in [1.82, 2.24) is 0 Å². The largest absolute Gasteiger partial charge is 0.463 e. The van der Waals surface area contributed by atoms with Crippen LogP contribution in [0.1, 0.15) is 311 Å². The molecule has 2 N–H and O–H groups in total. The van der Waals surface area contributed by atoms with E-state index in [9.17, 15) is 19.2 Å². The molecule has 0 amide bonds. The Bertz CT molecular complexity index is 1360. The topological polar surface area (TPSA) is 140 Å². The Labute approximate surface area is 446 Å². The SMILES string of the molecule is CCCCCCCCCCCC(=O)OC[C@H]1O[C@@H](S[C@@H]2C[C@H](N)CC2(C)C)[C@H](OC(=O)CCCCCCCCCCC)[C@@H](OC(=O)CCCCCCCCCCC)[C@H]1OC(=O)CCCCCCCCCCC. The average molecular weight is 1040 g/mol. The maximum absolute atomic E-state index is 14.1. The van der Waals surface area contributed by atoms with Gasteiger partial charge < -0.3 is 29.4 Å². The third-order valence-corrected chi connectivity index (χ3v) is 17.0. The van der Waals surface area contributed by atoms with Gasteiger partial charge in [0.05, 0.1) is 0 Å². The predicted octanol–water partition coefficient (Wildman–Crippen LogP) is 16.9. The normalized spacial score (nSPS) is 21.7. The fourth-order valence-corrected chi connectivity index (χ4v) is 12.3. The molecule has 72 heavy (non-hydrogen) atoms. The number of ether oxygens (including phenoxy) is 5. The molecule has 1 saturated carbocycles. The van der Waals surface area contributed by atoms with E-state index in [-0.39, 0.29) is 60.9 Å². The molecule has 0 spiro atoms. The van der Waals surface area contributed by atoms with Crippen molar-refractivity contribution in [1.29, 1.82) is 0 Å². The van der Waals surface area contributed by atoms with E-state index in [2.05, 4.69) is 41.5 Å². The lowest BCUT2D eigenvalue weighted by atomic mass is 9.91. The summed E-state index contributed by atoms with van der Waals surface area (Å²) in [7, 11) is 0. The molecule has 2 aliphatic rings. The van der Waals surface area contributed by atoms with Crippen LogP contribution in [-0.4, -0.2) is 71.6 Å². The number of hydrogen-bond acceptors (Lipinski definition) is 11. The molecule has 0 aromatic heterocycles. The van der Waals surface area contributed by atoms with Gasteiger partial charge in [0.15, 0.2) is 18.3 Å². The van der Waals surface area contributed by atoms with Crippen molar-refractivity contribution < 1.29 is 42.9 Å². The van der Waals surface area contributed by atoms with Crippen LogP contribution in [-0.2, 0) is 42.9 Å². The molecule has 11 heteroatoms. The molecule has 1 saturated heterocycles. The Kier molecular flexibility index (Phi) is 39.8. The van der Waals surface area contributed by atoms with Crippen molar-refractivity contribution in [2.75, 3.05) is 6.61 Å². The average Bonchev–Trinajstić information content (AvgIpc) is 3.61. The van der Waals surface area contributed by atoms with Gasteiger partial charge in [0, 0.05) is 37.0 Å². The molecule has 2 fully saturated rings. The summed E-state index contributed by atoms with van der Waals surface area (Å²) >= 11 is 1.56. The van der Waals surface area contributed by atoms with Crippen LogP contribution in [0.5, 0.6) is 0 Å². The number of rotatable bonds is 47. The summed E-state index contributed by atoms with van der Waals surface area (Å²) in [6, 6.07) is 0.00581.